The van der Waals surface area contributed by atoms with Crippen molar-refractivity contribution in [1.82, 2.24) is 0 Å². The summed E-state index contributed by atoms with van der Waals surface area (Å²) in [5.41, 5.74) is 0.234. The molecule has 1 rings (SSSR count). The van der Waals surface area contributed by atoms with E-state index in [4.69, 9.17) is 5.11 Å². The fourth-order valence-corrected chi connectivity index (χ4v) is 0.873. The number of aryl methyl sites for hydroxylation is 1. The summed E-state index contributed by atoms with van der Waals surface area (Å²) >= 11 is 0. The topological polar surface area (TPSA) is 29.5 Å². The van der Waals surface area contributed by atoms with Gasteiger partial charge in [0, 0.05) is 0 Å². The number of hydrogen-bond acceptors (Lipinski definition) is 2. The zero-order chi connectivity index (χ0) is 12.1. The number of ether oxygens (including phenoxy) is 1. The molecule has 0 heterocycles. The standard InChI is InChI=1S/C8H7F3O2.C2H6/c1-5-4-6(12)2-3-7(5)13-8(9,10)11;1-2/h2-4,12H,1H3;1-2H3. The van der Waals surface area contributed by atoms with Crippen LogP contribution in [0.15, 0.2) is 18.2 Å². The second-order valence-electron chi connectivity index (χ2n) is 2.50. The van der Waals surface area contributed by atoms with Gasteiger partial charge in [-0.1, -0.05) is 13.8 Å². The molecule has 0 aromatic heterocycles. The first-order chi connectivity index (χ1) is 6.88. The number of phenolic OH excluding ortho intramolecular Hbond substituents is 1. The zero-order valence-electron chi connectivity index (χ0n) is 8.72. The van der Waals surface area contributed by atoms with Crippen LogP contribution in [-0.2, 0) is 0 Å². The second-order valence-corrected chi connectivity index (χ2v) is 2.50. The Morgan fingerprint density at radius 3 is 2.13 bits per heavy atom. The molecule has 2 nitrogen and oxygen atoms in total. The second kappa shape index (κ2) is 5.48. The minimum absolute atomic E-state index is 0.0907. The summed E-state index contributed by atoms with van der Waals surface area (Å²) < 4.78 is 38.9. The molecule has 1 aromatic carbocycles. The van der Waals surface area contributed by atoms with E-state index >= 15 is 0 Å². The fraction of sp³-hybridized carbons (Fsp3) is 0.400. The van der Waals surface area contributed by atoms with Crippen molar-refractivity contribution in [2.24, 2.45) is 0 Å². The van der Waals surface area contributed by atoms with Crippen LogP contribution in [0.5, 0.6) is 11.5 Å². The molecule has 15 heavy (non-hydrogen) atoms. The summed E-state index contributed by atoms with van der Waals surface area (Å²) in [6.45, 7) is 5.42. The van der Waals surface area contributed by atoms with E-state index in [0.29, 0.717) is 0 Å². The van der Waals surface area contributed by atoms with E-state index in [1.54, 1.807) is 0 Å². The lowest BCUT2D eigenvalue weighted by atomic mass is 10.2. The van der Waals surface area contributed by atoms with Crippen molar-refractivity contribution < 1.29 is 23.0 Å². The molecule has 0 spiro atoms. The van der Waals surface area contributed by atoms with Crippen molar-refractivity contribution in [2.45, 2.75) is 27.1 Å². The van der Waals surface area contributed by atoms with Crippen molar-refractivity contribution in [2.75, 3.05) is 0 Å². The van der Waals surface area contributed by atoms with Gasteiger partial charge in [0.15, 0.2) is 0 Å². The van der Waals surface area contributed by atoms with Gasteiger partial charge in [-0.05, 0) is 30.7 Å². The molecule has 86 valence electrons. The van der Waals surface area contributed by atoms with Crippen molar-refractivity contribution in [3.63, 3.8) is 0 Å². The maximum Gasteiger partial charge on any atom is 0.573 e. The average Bonchev–Trinajstić information content (AvgIpc) is 2.12. The van der Waals surface area contributed by atoms with Crippen LogP contribution < -0.4 is 4.74 Å². The van der Waals surface area contributed by atoms with E-state index < -0.39 is 6.36 Å². The maximum absolute atomic E-state index is 11.7. The molecule has 0 saturated carbocycles. The molecule has 0 saturated heterocycles. The van der Waals surface area contributed by atoms with E-state index in [9.17, 15) is 13.2 Å². The number of aromatic hydroxyl groups is 1. The molecular formula is C10H13F3O2. The maximum atomic E-state index is 11.7. The van der Waals surface area contributed by atoms with E-state index in [-0.39, 0.29) is 17.1 Å². The third-order valence-electron chi connectivity index (χ3n) is 1.38. The third kappa shape index (κ3) is 5.15. The highest BCUT2D eigenvalue weighted by molar-refractivity contribution is 5.38. The molecule has 0 fully saturated rings. The molecule has 0 aliphatic heterocycles. The molecule has 1 aromatic rings. The number of benzene rings is 1. The van der Waals surface area contributed by atoms with Crippen LogP contribution in [-0.4, -0.2) is 11.5 Å². The van der Waals surface area contributed by atoms with Gasteiger partial charge in [0.25, 0.3) is 0 Å². The Morgan fingerprint density at radius 2 is 1.73 bits per heavy atom. The highest BCUT2D eigenvalue weighted by atomic mass is 19.4. The van der Waals surface area contributed by atoms with Gasteiger partial charge in [-0.25, -0.2) is 0 Å². The highest BCUT2D eigenvalue weighted by Gasteiger charge is 2.31. The summed E-state index contributed by atoms with van der Waals surface area (Å²) in [5.74, 6) is -0.391. The predicted octanol–water partition coefficient (Wildman–Crippen LogP) is 3.63. The Labute approximate surface area is 86.3 Å². The van der Waals surface area contributed by atoms with E-state index in [0.717, 1.165) is 12.1 Å². The van der Waals surface area contributed by atoms with Crippen LogP contribution in [0.1, 0.15) is 19.4 Å². The molecule has 1 N–H and O–H groups in total. The van der Waals surface area contributed by atoms with E-state index in [1.807, 2.05) is 13.8 Å². The first-order valence-electron chi connectivity index (χ1n) is 4.44. The third-order valence-corrected chi connectivity index (χ3v) is 1.38. The molecule has 0 bridgehead atoms. The summed E-state index contributed by atoms with van der Waals surface area (Å²) in [4.78, 5) is 0. The lowest BCUT2D eigenvalue weighted by Crippen LogP contribution is -2.17. The largest absolute Gasteiger partial charge is 0.573 e. The van der Waals surface area contributed by atoms with Crippen LogP contribution in [0.2, 0.25) is 0 Å². The number of hydrogen-bond donors (Lipinski definition) is 1. The highest BCUT2D eigenvalue weighted by Crippen LogP contribution is 2.28. The summed E-state index contributed by atoms with van der Waals surface area (Å²) in [5, 5.41) is 8.90. The number of halogens is 3. The lowest BCUT2D eigenvalue weighted by molar-refractivity contribution is -0.274. The molecule has 0 unspecified atom stereocenters. The minimum Gasteiger partial charge on any atom is -0.508 e. The Kier molecular flexibility index (Phi) is 4.97. The van der Waals surface area contributed by atoms with Crippen LogP contribution in [0, 0.1) is 6.92 Å². The Balaban J connectivity index is 0.000000921. The Hall–Kier alpha value is -1.39. The van der Waals surface area contributed by atoms with Gasteiger partial charge in [-0.2, -0.15) is 0 Å². The van der Waals surface area contributed by atoms with Crippen LogP contribution in [0.25, 0.3) is 0 Å². The van der Waals surface area contributed by atoms with Crippen LogP contribution >= 0.6 is 0 Å². The first-order valence-corrected chi connectivity index (χ1v) is 4.44. The smallest absolute Gasteiger partial charge is 0.508 e. The quantitative estimate of drug-likeness (QED) is 0.786. The molecule has 0 aliphatic rings. The summed E-state index contributed by atoms with van der Waals surface area (Å²) in [6, 6.07) is 3.40. The van der Waals surface area contributed by atoms with Gasteiger partial charge >= 0.3 is 6.36 Å². The fourth-order valence-electron chi connectivity index (χ4n) is 0.873. The van der Waals surface area contributed by atoms with Gasteiger partial charge in [-0.3, -0.25) is 0 Å². The number of phenols is 1. The van der Waals surface area contributed by atoms with Crippen LogP contribution in [0.4, 0.5) is 13.2 Å². The molecule has 0 aliphatic carbocycles. The van der Waals surface area contributed by atoms with E-state index in [2.05, 4.69) is 4.74 Å². The molecule has 5 heteroatoms. The minimum atomic E-state index is -4.69. The normalized spacial score (nSPS) is 10.3. The van der Waals surface area contributed by atoms with Crippen molar-refractivity contribution in [1.29, 1.82) is 0 Å². The SMILES string of the molecule is CC.Cc1cc(O)ccc1OC(F)(F)F. The lowest BCUT2D eigenvalue weighted by Gasteiger charge is -2.10. The van der Waals surface area contributed by atoms with Gasteiger partial charge in [0.05, 0.1) is 0 Å². The zero-order valence-corrected chi connectivity index (χ0v) is 8.72. The monoisotopic (exact) mass is 222 g/mol. The van der Waals surface area contributed by atoms with Gasteiger partial charge in [-0.15, -0.1) is 13.2 Å². The number of alkyl halides is 3. The predicted molar refractivity (Wildman–Crippen MR) is 50.9 cm³/mol. The number of rotatable bonds is 1. The summed E-state index contributed by atoms with van der Waals surface area (Å²) in [7, 11) is 0. The van der Waals surface area contributed by atoms with Crippen LogP contribution in [0.3, 0.4) is 0 Å². The molecular weight excluding hydrogens is 209 g/mol. The van der Waals surface area contributed by atoms with Gasteiger partial charge < -0.3 is 9.84 Å². The van der Waals surface area contributed by atoms with Crippen molar-refractivity contribution in [3.8, 4) is 11.5 Å². The molecule has 0 radical (unpaired) electrons. The van der Waals surface area contributed by atoms with Crippen molar-refractivity contribution in [3.05, 3.63) is 23.8 Å². The Bertz CT molecular complexity index is 308. The van der Waals surface area contributed by atoms with E-state index in [1.165, 1.54) is 13.0 Å². The van der Waals surface area contributed by atoms with Crippen molar-refractivity contribution >= 4 is 0 Å². The Morgan fingerprint density at radius 1 is 1.20 bits per heavy atom. The average molecular weight is 222 g/mol. The van der Waals surface area contributed by atoms with Gasteiger partial charge in [0.2, 0.25) is 0 Å². The summed E-state index contributed by atoms with van der Waals surface area (Å²) in [6.07, 6.45) is -4.69. The first kappa shape index (κ1) is 13.6. The molecule has 0 atom stereocenters. The van der Waals surface area contributed by atoms with Gasteiger partial charge in [0.1, 0.15) is 11.5 Å². The molecule has 0 amide bonds.